The Morgan fingerprint density at radius 3 is 1.79 bits per heavy atom. The van der Waals surface area contributed by atoms with Gasteiger partial charge in [-0.25, -0.2) is 4.98 Å². The molecule has 0 N–H and O–H groups in total. The van der Waals surface area contributed by atoms with Crippen LogP contribution in [0.4, 0.5) is 0 Å². The molecule has 0 unspecified atom stereocenters. The summed E-state index contributed by atoms with van der Waals surface area (Å²) < 4.78 is 44.5. The number of aromatic nitrogens is 2. The van der Waals surface area contributed by atoms with Crippen molar-refractivity contribution >= 4 is 43.4 Å². The van der Waals surface area contributed by atoms with Gasteiger partial charge in [-0.1, -0.05) is 121 Å². The first-order valence-electron chi connectivity index (χ1n) is 15.4. The summed E-state index contributed by atoms with van der Waals surface area (Å²) in [4.78, 5) is 5.10. The first-order valence-corrected chi connectivity index (χ1v) is 12.9. The van der Waals surface area contributed by atoms with Crippen LogP contribution in [0, 0.1) is 0 Å². The van der Waals surface area contributed by atoms with E-state index in [-0.39, 0.29) is 29.9 Å². The molecule has 2 heteroatoms. The molecule has 8 aromatic rings. The van der Waals surface area contributed by atoms with Gasteiger partial charge in [-0.3, -0.25) is 4.57 Å². The van der Waals surface area contributed by atoms with Crippen molar-refractivity contribution in [1.82, 2.24) is 9.55 Å². The van der Waals surface area contributed by atoms with Gasteiger partial charge in [-0.2, -0.15) is 0 Å². The van der Waals surface area contributed by atoms with E-state index in [4.69, 9.17) is 11.8 Å². The molecule has 0 spiro atoms. The highest BCUT2D eigenvalue weighted by Crippen LogP contribution is 2.45. The maximum absolute atomic E-state index is 8.87. The van der Waals surface area contributed by atoms with Crippen LogP contribution in [0.5, 0.6) is 0 Å². The van der Waals surface area contributed by atoms with E-state index in [1.807, 2.05) is 48.5 Å². The van der Waals surface area contributed by atoms with Gasteiger partial charge in [0.25, 0.3) is 0 Å². The summed E-state index contributed by atoms with van der Waals surface area (Å²) >= 11 is 0. The molecular formula is C37H24N2. The summed E-state index contributed by atoms with van der Waals surface area (Å²) in [5.74, 6) is 0.515. The molecule has 0 aliphatic rings. The van der Waals surface area contributed by atoms with Crippen molar-refractivity contribution in [3.63, 3.8) is 0 Å². The summed E-state index contributed by atoms with van der Waals surface area (Å²) in [7, 11) is 0. The Balaban J connectivity index is 1.58. The van der Waals surface area contributed by atoms with Gasteiger partial charge >= 0.3 is 0 Å². The van der Waals surface area contributed by atoms with Crippen LogP contribution >= 0.6 is 0 Å². The Hall–Kier alpha value is -5.21. The largest absolute Gasteiger partial charge is 0.292 e. The predicted molar refractivity (Wildman–Crippen MR) is 164 cm³/mol. The summed E-state index contributed by atoms with van der Waals surface area (Å²) in [5, 5.41) is 6.31. The zero-order chi connectivity index (χ0) is 30.1. The molecule has 8 rings (SSSR count). The Morgan fingerprint density at radius 1 is 0.513 bits per heavy atom. The van der Waals surface area contributed by atoms with E-state index in [0.717, 1.165) is 49.0 Å². The van der Waals surface area contributed by atoms with E-state index in [9.17, 15) is 0 Å². The fourth-order valence-corrected chi connectivity index (χ4v) is 5.88. The van der Waals surface area contributed by atoms with Crippen molar-refractivity contribution in [3.8, 4) is 28.2 Å². The minimum Gasteiger partial charge on any atom is -0.292 e. The SMILES string of the molecule is [2H]c1c([2H])c([2H])c(-n2c(-c3c4ccccc4c(-c4cccc5ccccc45)c4ccccc34)nc3ccccc32)c([2H])c1[2H]. The van der Waals surface area contributed by atoms with Crippen LogP contribution in [0.1, 0.15) is 6.85 Å². The van der Waals surface area contributed by atoms with Crippen molar-refractivity contribution in [2.24, 2.45) is 0 Å². The minimum absolute atomic E-state index is 0.0750. The van der Waals surface area contributed by atoms with Crippen LogP contribution < -0.4 is 0 Å². The van der Waals surface area contributed by atoms with Gasteiger partial charge in [-0.15, -0.1) is 0 Å². The molecule has 0 aliphatic heterocycles. The molecule has 1 aromatic heterocycles. The van der Waals surface area contributed by atoms with Gasteiger partial charge in [0.2, 0.25) is 0 Å². The highest BCUT2D eigenvalue weighted by Gasteiger charge is 2.22. The van der Waals surface area contributed by atoms with Crippen molar-refractivity contribution < 1.29 is 6.85 Å². The Labute approximate surface area is 233 Å². The molecule has 0 atom stereocenters. The summed E-state index contributed by atoms with van der Waals surface area (Å²) in [5.41, 5.74) is 4.48. The zero-order valence-electron chi connectivity index (χ0n) is 25.9. The third-order valence-corrected chi connectivity index (χ3v) is 7.49. The lowest BCUT2D eigenvalue weighted by Gasteiger charge is -2.19. The molecule has 0 fully saturated rings. The van der Waals surface area contributed by atoms with Crippen LogP contribution in [0.2, 0.25) is 0 Å². The van der Waals surface area contributed by atoms with Crippen LogP contribution in [0.3, 0.4) is 0 Å². The van der Waals surface area contributed by atoms with Crippen molar-refractivity contribution in [2.45, 2.75) is 0 Å². The molecule has 2 nitrogen and oxygen atoms in total. The van der Waals surface area contributed by atoms with Crippen LogP contribution in [0.25, 0.3) is 71.6 Å². The number of para-hydroxylation sites is 3. The number of rotatable bonds is 3. The topological polar surface area (TPSA) is 17.8 Å². The standard InChI is InChI=1S/C37H24N2/c1-2-15-26(16-3-1)39-34-24-11-10-23-33(34)38-37(39)36-31-20-8-6-18-29(31)35(30-19-7-9-21-32(30)36)28-22-12-14-25-13-4-5-17-27(25)28/h1-24H/i1D,2D,3D,15D,16D. The number of benzene rings is 7. The second kappa shape index (κ2) is 8.68. The van der Waals surface area contributed by atoms with Crippen molar-refractivity contribution in [2.75, 3.05) is 0 Å². The van der Waals surface area contributed by atoms with Gasteiger partial charge in [0.05, 0.1) is 17.9 Å². The fraction of sp³-hybridized carbons (Fsp3) is 0. The molecule has 7 aromatic carbocycles. The molecular weight excluding hydrogens is 472 g/mol. The van der Waals surface area contributed by atoms with Crippen molar-refractivity contribution in [3.05, 3.63) is 145 Å². The highest BCUT2D eigenvalue weighted by molar-refractivity contribution is 6.23. The lowest BCUT2D eigenvalue weighted by atomic mass is 9.86. The van der Waals surface area contributed by atoms with E-state index in [1.54, 1.807) is 4.57 Å². The van der Waals surface area contributed by atoms with Gasteiger partial charge in [0, 0.05) is 11.3 Å². The molecule has 0 amide bonds. The Bertz CT molecular complexity index is 2370. The first-order chi connectivity index (χ1) is 21.5. The number of imidazole rings is 1. The van der Waals surface area contributed by atoms with Gasteiger partial charge in [0.1, 0.15) is 5.82 Å². The normalized spacial score (nSPS) is 13.4. The van der Waals surface area contributed by atoms with Crippen LogP contribution in [-0.2, 0) is 0 Å². The first kappa shape index (κ1) is 17.3. The molecule has 0 saturated heterocycles. The second-order valence-corrected chi connectivity index (χ2v) is 9.60. The molecule has 0 bridgehead atoms. The van der Waals surface area contributed by atoms with E-state index in [0.29, 0.717) is 16.9 Å². The molecule has 0 saturated carbocycles. The average Bonchev–Trinajstić information content (AvgIpc) is 3.43. The minimum atomic E-state index is -0.426. The average molecular weight is 502 g/mol. The second-order valence-electron chi connectivity index (χ2n) is 9.60. The Kier molecular flexibility index (Phi) is 3.86. The maximum atomic E-state index is 8.87. The highest BCUT2D eigenvalue weighted by atomic mass is 15.1. The zero-order valence-corrected chi connectivity index (χ0v) is 20.9. The van der Waals surface area contributed by atoms with Gasteiger partial charge in [-0.05, 0) is 67.7 Å². The molecule has 39 heavy (non-hydrogen) atoms. The molecule has 0 radical (unpaired) electrons. The molecule has 182 valence electrons. The number of hydrogen-bond acceptors (Lipinski definition) is 1. The van der Waals surface area contributed by atoms with E-state index < -0.39 is 6.04 Å². The number of hydrogen-bond donors (Lipinski definition) is 0. The van der Waals surface area contributed by atoms with Crippen LogP contribution in [-0.4, -0.2) is 9.55 Å². The van der Waals surface area contributed by atoms with Crippen LogP contribution in [0.15, 0.2) is 145 Å². The van der Waals surface area contributed by atoms with Crippen molar-refractivity contribution in [1.29, 1.82) is 0 Å². The van der Waals surface area contributed by atoms with E-state index >= 15 is 0 Å². The Morgan fingerprint density at radius 2 is 1.08 bits per heavy atom. The monoisotopic (exact) mass is 501 g/mol. The third kappa shape index (κ3) is 3.32. The fourth-order valence-electron chi connectivity index (χ4n) is 5.88. The summed E-state index contributed by atoms with van der Waals surface area (Å²) in [6.07, 6.45) is 0. The predicted octanol–water partition coefficient (Wildman–Crippen LogP) is 9.82. The lowest BCUT2D eigenvalue weighted by molar-refractivity contribution is 1.11. The summed E-state index contributed by atoms with van der Waals surface area (Å²) in [6.45, 7) is 0. The van der Waals surface area contributed by atoms with Gasteiger partial charge < -0.3 is 0 Å². The summed E-state index contributed by atoms with van der Waals surface area (Å²) in [6, 6.07) is 37.1. The van der Waals surface area contributed by atoms with E-state index in [1.165, 1.54) is 0 Å². The maximum Gasteiger partial charge on any atom is 0.146 e. The molecule has 1 heterocycles. The third-order valence-electron chi connectivity index (χ3n) is 7.49. The smallest absolute Gasteiger partial charge is 0.146 e. The quantitative estimate of drug-likeness (QED) is 0.220. The molecule has 0 aliphatic carbocycles. The number of fused-ring (bicyclic) bond motifs is 4. The lowest BCUT2D eigenvalue weighted by Crippen LogP contribution is -1.99. The number of nitrogens with zero attached hydrogens (tertiary/aromatic N) is 2. The van der Waals surface area contributed by atoms with Gasteiger partial charge in [0.15, 0.2) is 0 Å². The van der Waals surface area contributed by atoms with E-state index in [2.05, 4.69) is 66.7 Å².